The first-order valence-corrected chi connectivity index (χ1v) is 3.32. The van der Waals surface area contributed by atoms with E-state index in [1.165, 1.54) is 0 Å². The molecule has 0 saturated carbocycles. The summed E-state index contributed by atoms with van der Waals surface area (Å²) in [4.78, 5) is 9.34. The quantitative estimate of drug-likeness (QED) is 0.469. The third-order valence-corrected chi connectivity index (χ3v) is 1.10. The van der Waals surface area contributed by atoms with E-state index in [2.05, 4.69) is 0 Å². The second-order valence-corrected chi connectivity index (χ2v) is 2.80. The summed E-state index contributed by atoms with van der Waals surface area (Å²) < 4.78 is 0. The molecule has 0 aromatic carbocycles. The summed E-state index contributed by atoms with van der Waals surface area (Å²) in [6.45, 7) is 3.50. The van der Waals surface area contributed by atoms with Crippen LogP contribution < -0.4 is 0 Å². The van der Waals surface area contributed by atoms with Crippen LogP contribution in [0.15, 0.2) is 0 Å². The molecule has 0 amide bonds. The standard InChI is InChI=1S/C6H13NO3/c1-5(2)3-6(8)4-7(9)10/h5-6,8H,3-4H2,1-2H3. The van der Waals surface area contributed by atoms with Crippen molar-refractivity contribution in [3.8, 4) is 0 Å². The van der Waals surface area contributed by atoms with Gasteiger partial charge in [-0.05, 0) is 12.3 Å². The van der Waals surface area contributed by atoms with E-state index < -0.39 is 11.0 Å². The first-order valence-electron chi connectivity index (χ1n) is 3.32. The Kier molecular flexibility index (Phi) is 3.95. The zero-order valence-electron chi connectivity index (χ0n) is 6.28. The molecule has 10 heavy (non-hydrogen) atoms. The van der Waals surface area contributed by atoms with E-state index in [1.807, 2.05) is 13.8 Å². The topological polar surface area (TPSA) is 63.4 Å². The van der Waals surface area contributed by atoms with Gasteiger partial charge in [0, 0.05) is 4.92 Å². The van der Waals surface area contributed by atoms with Crippen LogP contribution in [0.3, 0.4) is 0 Å². The van der Waals surface area contributed by atoms with Crippen molar-refractivity contribution in [2.24, 2.45) is 5.92 Å². The monoisotopic (exact) mass is 147 g/mol. The Hall–Kier alpha value is -0.640. The maximum Gasteiger partial charge on any atom is 0.229 e. The summed E-state index contributed by atoms with van der Waals surface area (Å²) in [5.74, 6) is 0.315. The van der Waals surface area contributed by atoms with Crippen molar-refractivity contribution in [3.63, 3.8) is 0 Å². The normalized spacial score (nSPS) is 13.6. The van der Waals surface area contributed by atoms with Crippen LogP contribution in [0.25, 0.3) is 0 Å². The van der Waals surface area contributed by atoms with E-state index >= 15 is 0 Å². The number of aliphatic hydroxyl groups is 1. The van der Waals surface area contributed by atoms with Crippen LogP contribution in [-0.2, 0) is 0 Å². The van der Waals surface area contributed by atoms with Crippen molar-refractivity contribution in [1.29, 1.82) is 0 Å². The molecule has 0 aromatic rings. The van der Waals surface area contributed by atoms with Crippen molar-refractivity contribution in [3.05, 3.63) is 10.1 Å². The van der Waals surface area contributed by atoms with Crippen LogP contribution in [0, 0.1) is 16.0 Å². The molecule has 0 heterocycles. The third-order valence-electron chi connectivity index (χ3n) is 1.10. The van der Waals surface area contributed by atoms with Gasteiger partial charge >= 0.3 is 0 Å². The number of aliphatic hydroxyl groups excluding tert-OH is 1. The maximum absolute atomic E-state index is 9.84. The molecule has 4 heteroatoms. The minimum atomic E-state index is -0.782. The van der Waals surface area contributed by atoms with Crippen LogP contribution in [0.2, 0.25) is 0 Å². The number of hydrogen-bond acceptors (Lipinski definition) is 3. The highest BCUT2D eigenvalue weighted by Gasteiger charge is 2.12. The fraction of sp³-hybridized carbons (Fsp3) is 1.00. The minimum absolute atomic E-state index is 0.315. The molecular weight excluding hydrogens is 134 g/mol. The molecule has 0 aliphatic rings. The van der Waals surface area contributed by atoms with Crippen molar-refractivity contribution in [2.75, 3.05) is 6.54 Å². The lowest BCUT2D eigenvalue weighted by atomic mass is 10.1. The first-order chi connectivity index (χ1) is 4.52. The average Bonchev–Trinajstić information content (AvgIpc) is 1.58. The lowest BCUT2D eigenvalue weighted by Crippen LogP contribution is -2.20. The molecule has 0 radical (unpaired) electrons. The highest BCUT2D eigenvalue weighted by molar-refractivity contribution is 4.55. The summed E-state index contributed by atoms with van der Waals surface area (Å²) in [6, 6.07) is 0. The van der Waals surface area contributed by atoms with Gasteiger partial charge in [-0.1, -0.05) is 13.8 Å². The molecule has 0 rings (SSSR count). The molecular formula is C6H13NO3. The molecule has 1 N–H and O–H groups in total. The minimum Gasteiger partial charge on any atom is -0.386 e. The van der Waals surface area contributed by atoms with Gasteiger partial charge in [0.1, 0.15) is 6.10 Å². The highest BCUT2D eigenvalue weighted by Crippen LogP contribution is 2.03. The zero-order chi connectivity index (χ0) is 8.15. The SMILES string of the molecule is CC(C)CC(O)C[N+](=O)[O-]. The van der Waals surface area contributed by atoms with Crippen molar-refractivity contribution < 1.29 is 10.0 Å². The zero-order valence-corrected chi connectivity index (χ0v) is 6.28. The lowest BCUT2D eigenvalue weighted by molar-refractivity contribution is -0.490. The number of hydrogen-bond donors (Lipinski definition) is 1. The smallest absolute Gasteiger partial charge is 0.229 e. The predicted molar refractivity (Wildman–Crippen MR) is 37.3 cm³/mol. The summed E-state index contributed by atoms with van der Waals surface area (Å²) in [7, 11) is 0. The van der Waals surface area contributed by atoms with Crippen LogP contribution in [0.5, 0.6) is 0 Å². The van der Waals surface area contributed by atoms with Gasteiger partial charge in [0.15, 0.2) is 0 Å². The number of nitrogens with zero attached hydrogens (tertiary/aromatic N) is 1. The van der Waals surface area contributed by atoms with Crippen molar-refractivity contribution in [1.82, 2.24) is 0 Å². The maximum atomic E-state index is 9.84. The van der Waals surface area contributed by atoms with Gasteiger partial charge in [0.2, 0.25) is 6.54 Å². The molecule has 0 saturated heterocycles. The fourth-order valence-electron chi connectivity index (χ4n) is 0.791. The second-order valence-electron chi connectivity index (χ2n) is 2.80. The fourth-order valence-corrected chi connectivity index (χ4v) is 0.791. The van der Waals surface area contributed by atoms with Crippen LogP contribution in [0.4, 0.5) is 0 Å². The molecule has 0 aromatic heterocycles. The Labute approximate surface area is 60.0 Å². The Morgan fingerprint density at radius 2 is 2.10 bits per heavy atom. The third kappa shape index (κ3) is 5.50. The Balaban J connectivity index is 3.43. The van der Waals surface area contributed by atoms with Crippen molar-refractivity contribution >= 4 is 0 Å². The summed E-state index contributed by atoms with van der Waals surface area (Å²) in [5.41, 5.74) is 0. The van der Waals surface area contributed by atoms with Crippen LogP contribution in [-0.4, -0.2) is 22.7 Å². The van der Waals surface area contributed by atoms with E-state index in [4.69, 9.17) is 5.11 Å². The molecule has 4 nitrogen and oxygen atoms in total. The summed E-state index contributed by atoms with van der Waals surface area (Å²) >= 11 is 0. The molecule has 60 valence electrons. The van der Waals surface area contributed by atoms with Gasteiger partial charge in [-0.25, -0.2) is 0 Å². The van der Waals surface area contributed by atoms with Crippen LogP contribution in [0.1, 0.15) is 20.3 Å². The predicted octanol–water partition coefficient (Wildman–Crippen LogP) is 0.670. The van der Waals surface area contributed by atoms with Crippen molar-refractivity contribution in [2.45, 2.75) is 26.4 Å². The first kappa shape index (κ1) is 9.36. The molecule has 0 bridgehead atoms. The van der Waals surface area contributed by atoms with Gasteiger partial charge in [0.25, 0.3) is 0 Å². The van der Waals surface area contributed by atoms with E-state index in [0.717, 1.165) is 0 Å². The Morgan fingerprint density at radius 3 is 2.40 bits per heavy atom. The average molecular weight is 147 g/mol. The lowest BCUT2D eigenvalue weighted by Gasteiger charge is -2.07. The molecule has 1 atom stereocenters. The number of rotatable bonds is 4. The molecule has 0 fully saturated rings. The van der Waals surface area contributed by atoms with Gasteiger partial charge in [0.05, 0.1) is 0 Å². The van der Waals surface area contributed by atoms with E-state index in [1.54, 1.807) is 0 Å². The van der Waals surface area contributed by atoms with Gasteiger partial charge in [-0.3, -0.25) is 10.1 Å². The second kappa shape index (κ2) is 4.22. The highest BCUT2D eigenvalue weighted by atomic mass is 16.6. The Bertz CT molecular complexity index is 114. The van der Waals surface area contributed by atoms with Crippen LogP contribution >= 0.6 is 0 Å². The Morgan fingerprint density at radius 1 is 1.60 bits per heavy atom. The molecule has 0 aliphatic carbocycles. The summed E-state index contributed by atoms with van der Waals surface area (Å²) in [6.07, 6.45) is -0.281. The summed E-state index contributed by atoms with van der Waals surface area (Å²) in [5, 5.41) is 18.8. The molecule has 1 unspecified atom stereocenters. The van der Waals surface area contributed by atoms with Gasteiger partial charge < -0.3 is 5.11 Å². The molecule has 0 aliphatic heterocycles. The largest absolute Gasteiger partial charge is 0.386 e. The molecule has 0 spiro atoms. The number of nitro groups is 1. The van der Waals surface area contributed by atoms with E-state index in [0.29, 0.717) is 12.3 Å². The van der Waals surface area contributed by atoms with Gasteiger partial charge in [-0.15, -0.1) is 0 Å². The van der Waals surface area contributed by atoms with E-state index in [9.17, 15) is 10.1 Å². The van der Waals surface area contributed by atoms with E-state index in [-0.39, 0.29) is 6.54 Å². The van der Waals surface area contributed by atoms with Gasteiger partial charge in [-0.2, -0.15) is 0 Å².